The smallest absolute Gasteiger partial charge is 0.242 e. The standard InChI is InChI=1S/C14H30N2O/c1-5-9-11-16(12-10-6-2)13(17)14(15,7-3)8-4/h5-12,15H2,1-4H3. The molecule has 3 nitrogen and oxygen atoms in total. The number of carbonyl (C=O) groups excluding carboxylic acids is 1. The van der Waals surface area contributed by atoms with Gasteiger partial charge < -0.3 is 10.6 Å². The lowest BCUT2D eigenvalue weighted by atomic mass is 9.92. The van der Waals surface area contributed by atoms with Crippen LogP contribution in [-0.4, -0.2) is 29.4 Å². The Labute approximate surface area is 107 Å². The summed E-state index contributed by atoms with van der Waals surface area (Å²) >= 11 is 0. The van der Waals surface area contributed by atoms with Gasteiger partial charge in [0.15, 0.2) is 0 Å². The van der Waals surface area contributed by atoms with Crippen LogP contribution in [0, 0.1) is 0 Å². The number of rotatable bonds is 9. The van der Waals surface area contributed by atoms with Crippen LogP contribution in [0.1, 0.15) is 66.2 Å². The Morgan fingerprint density at radius 2 is 1.41 bits per heavy atom. The molecule has 0 aliphatic carbocycles. The van der Waals surface area contributed by atoms with Crippen molar-refractivity contribution in [2.75, 3.05) is 13.1 Å². The maximum Gasteiger partial charge on any atom is 0.242 e. The predicted molar refractivity (Wildman–Crippen MR) is 73.9 cm³/mol. The van der Waals surface area contributed by atoms with E-state index in [1.165, 1.54) is 0 Å². The van der Waals surface area contributed by atoms with Crippen molar-refractivity contribution in [3.63, 3.8) is 0 Å². The van der Waals surface area contributed by atoms with Gasteiger partial charge in [-0.2, -0.15) is 0 Å². The number of carbonyl (C=O) groups is 1. The van der Waals surface area contributed by atoms with Crippen molar-refractivity contribution in [3.05, 3.63) is 0 Å². The molecule has 0 heterocycles. The number of hydrogen-bond acceptors (Lipinski definition) is 2. The summed E-state index contributed by atoms with van der Waals surface area (Å²) in [5.74, 6) is 0.143. The van der Waals surface area contributed by atoms with Crippen molar-refractivity contribution in [2.45, 2.75) is 71.8 Å². The van der Waals surface area contributed by atoms with E-state index < -0.39 is 5.54 Å². The van der Waals surface area contributed by atoms with E-state index in [2.05, 4.69) is 13.8 Å². The SMILES string of the molecule is CCCCN(CCCC)C(=O)C(N)(CC)CC. The van der Waals surface area contributed by atoms with Crippen molar-refractivity contribution >= 4 is 5.91 Å². The highest BCUT2D eigenvalue weighted by atomic mass is 16.2. The second kappa shape index (κ2) is 8.51. The van der Waals surface area contributed by atoms with Gasteiger partial charge in [-0.15, -0.1) is 0 Å². The zero-order valence-corrected chi connectivity index (χ0v) is 12.1. The van der Waals surface area contributed by atoms with Crippen LogP contribution in [0.15, 0.2) is 0 Å². The van der Waals surface area contributed by atoms with Crippen molar-refractivity contribution in [3.8, 4) is 0 Å². The summed E-state index contributed by atoms with van der Waals surface area (Å²) in [6.07, 6.45) is 5.81. The zero-order chi connectivity index (χ0) is 13.3. The fourth-order valence-corrected chi connectivity index (χ4v) is 1.88. The Kier molecular flexibility index (Phi) is 8.23. The van der Waals surface area contributed by atoms with Crippen molar-refractivity contribution in [2.24, 2.45) is 5.73 Å². The lowest BCUT2D eigenvalue weighted by Crippen LogP contribution is -2.55. The minimum Gasteiger partial charge on any atom is -0.341 e. The summed E-state index contributed by atoms with van der Waals surface area (Å²) < 4.78 is 0. The molecule has 0 saturated heterocycles. The van der Waals surface area contributed by atoms with Crippen LogP contribution in [0.5, 0.6) is 0 Å². The molecular formula is C14H30N2O. The molecule has 0 unspecified atom stereocenters. The summed E-state index contributed by atoms with van der Waals surface area (Å²) in [5, 5.41) is 0. The Morgan fingerprint density at radius 1 is 1.00 bits per heavy atom. The number of hydrogen-bond donors (Lipinski definition) is 1. The molecule has 0 fully saturated rings. The first-order valence-electron chi connectivity index (χ1n) is 7.13. The molecule has 0 atom stereocenters. The minimum atomic E-state index is -0.651. The van der Waals surface area contributed by atoms with Crippen molar-refractivity contribution in [1.82, 2.24) is 4.90 Å². The van der Waals surface area contributed by atoms with Gasteiger partial charge in [0.05, 0.1) is 5.54 Å². The van der Waals surface area contributed by atoms with Crippen LogP contribution in [0.4, 0.5) is 0 Å². The number of nitrogens with zero attached hydrogens (tertiary/aromatic N) is 1. The van der Waals surface area contributed by atoms with Crippen molar-refractivity contribution in [1.29, 1.82) is 0 Å². The van der Waals surface area contributed by atoms with Gasteiger partial charge in [-0.3, -0.25) is 4.79 Å². The largest absolute Gasteiger partial charge is 0.341 e. The highest BCUT2D eigenvalue weighted by molar-refractivity contribution is 5.86. The molecule has 0 rings (SSSR count). The van der Waals surface area contributed by atoms with E-state index in [4.69, 9.17) is 5.73 Å². The van der Waals surface area contributed by atoms with E-state index in [-0.39, 0.29) is 5.91 Å². The average Bonchev–Trinajstić information content (AvgIpc) is 2.37. The average molecular weight is 242 g/mol. The third-order valence-corrected chi connectivity index (χ3v) is 3.54. The fraction of sp³-hybridized carbons (Fsp3) is 0.929. The summed E-state index contributed by atoms with van der Waals surface area (Å²) in [4.78, 5) is 14.4. The summed E-state index contributed by atoms with van der Waals surface area (Å²) in [6, 6.07) is 0. The molecule has 0 saturated carbocycles. The quantitative estimate of drug-likeness (QED) is 0.675. The molecule has 0 aliphatic heterocycles. The normalized spacial score (nSPS) is 11.6. The monoisotopic (exact) mass is 242 g/mol. The molecular weight excluding hydrogens is 212 g/mol. The molecule has 3 heteroatoms. The molecule has 1 amide bonds. The number of amides is 1. The molecule has 0 bridgehead atoms. The van der Waals surface area contributed by atoms with E-state index in [9.17, 15) is 4.79 Å². The van der Waals surface area contributed by atoms with Gasteiger partial charge in [-0.05, 0) is 25.7 Å². The predicted octanol–water partition coefficient (Wildman–Crippen LogP) is 2.93. The maximum atomic E-state index is 12.4. The zero-order valence-electron chi connectivity index (χ0n) is 12.1. The highest BCUT2D eigenvalue weighted by Crippen LogP contribution is 2.16. The Hall–Kier alpha value is -0.570. The highest BCUT2D eigenvalue weighted by Gasteiger charge is 2.33. The van der Waals surface area contributed by atoms with E-state index >= 15 is 0 Å². The summed E-state index contributed by atoms with van der Waals surface area (Å²) in [7, 11) is 0. The maximum absolute atomic E-state index is 12.4. The lowest BCUT2D eigenvalue weighted by molar-refractivity contribution is -0.137. The molecule has 0 aromatic carbocycles. The van der Waals surface area contributed by atoms with Gasteiger partial charge in [-0.1, -0.05) is 40.5 Å². The first-order valence-corrected chi connectivity index (χ1v) is 7.13. The topological polar surface area (TPSA) is 46.3 Å². The second-order valence-electron chi connectivity index (χ2n) is 4.86. The van der Waals surface area contributed by atoms with Gasteiger partial charge in [0.25, 0.3) is 0 Å². The van der Waals surface area contributed by atoms with Crippen molar-refractivity contribution < 1.29 is 4.79 Å². The molecule has 102 valence electrons. The molecule has 0 radical (unpaired) electrons. The van der Waals surface area contributed by atoms with E-state index in [0.29, 0.717) is 0 Å². The molecule has 0 aromatic heterocycles. The first-order chi connectivity index (χ1) is 8.05. The van der Waals surface area contributed by atoms with Crippen LogP contribution < -0.4 is 5.73 Å². The van der Waals surface area contributed by atoms with Gasteiger partial charge in [0.1, 0.15) is 0 Å². The van der Waals surface area contributed by atoms with Crippen LogP contribution in [0.2, 0.25) is 0 Å². The molecule has 2 N–H and O–H groups in total. The van der Waals surface area contributed by atoms with E-state index in [1.54, 1.807) is 0 Å². The molecule has 17 heavy (non-hydrogen) atoms. The summed E-state index contributed by atoms with van der Waals surface area (Å²) in [6.45, 7) is 10.0. The molecule has 0 aliphatic rings. The van der Waals surface area contributed by atoms with Gasteiger partial charge in [0.2, 0.25) is 5.91 Å². The van der Waals surface area contributed by atoms with Gasteiger partial charge in [0, 0.05) is 13.1 Å². The first kappa shape index (κ1) is 16.4. The molecule has 0 spiro atoms. The van der Waals surface area contributed by atoms with Crippen LogP contribution in [0.3, 0.4) is 0 Å². The minimum absolute atomic E-state index is 0.143. The lowest BCUT2D eigenvalue weighted by Gasteiger charge is -2.33. The van der Waals surface area contributed by atoms with Crippen LogP contribution in [-0.2, 0) is 4.79 Å². The Morgan fingerprint density at radius 3 is 1.71 bits per heavy atom. The number of unbranched alkanes of at least 4 members (excludes halogenated alkanes) is 2. The third kappa shape index (κ3) is 5.07. The molecule has 0 aromatic rings. The van der Waals surface area contributed by atoms with E-state index in [1.807, 2.05) is 18.7 Å². The van der Waals surface area contributed by atoms with Crippen LogP contribution in [0.25, 0.3) is 0 Å². The van der Waals surface area contributed by atoms with Gasteiger partial charge in [-0.25, -0.2) is 0 Å². The summed E-state index contributed by atoms with van der Waals surface area (Å²) in [5.41, 5.74) is 5.54. The second-order valence-corrected chi connectivity index (χ2v) is 4.86. The van der Waals surface area contributed by atoms with Gasteiger partial charge >= 0.3 is 0 Å². The fourth-order valence-electron chi connectivity index (χ4n) is 1.88. The van der Waals surface area contributed by atoms with Crippen LogP contribution >= 0.6 is 0 Å². The third-order valence-electron chi connectivity index (χ3n) is 3.54. The van der Waals surface area contributed by atoms with E-state index in [0.717, 1.165) is 51.6 Å². The number of nitrogens with two attached hydrogens (primary N) is 1. The Bertz CT molecular complexity index is 204. The Balaban J connectivity index is 4.59.